The molecule has 0 radical (unpaired) electrons. The average Bonchev–Trinajstić information content (AvgIpc) is 2.77. The van der Waals surface area contributed by atoms with Gasteiger partial charge in [0.1, 0.15) is 17.3 Å². The van der Waals surface area contributed by atoms with Crippen LogP contribution in [0.2, 0.25) is 0 Å². The van der Waals surface area contributed by atoms with E-state index in [1.807, 2.05) is 19.1 Å². The van der Waals surface area contributed by atoms with Gasteiger partial charge in [0, 0.05) is 0 Å². The van der Waals surface area contributed by atoms with Crippen LogP contribution in [0.25, 0.3) is 0 Å². The molecular formula is C13H14BrFN2O. The van der Waals surface area contributed by atoms with Crippen LogP contribution in [0.1, 0.15) is 23.1 Å². The van der Waals surface area contributed by atoms with Crippen LogP contribution in [0, 0.1) is 12.7 Å². The van der Waals surface area contributed by atoms with Gasteiger partial charge in [-0.05, 0) is 59.1 Å². The first-order chi connectivity index (χ1) is 8.60. The van der Waals surface area contributed by atoms with Gasteiger partial charge in [0.25, 0.3) is 0 Å². The number of hydrogen-bond acceptors (Lipinski definition) is 3. The van der Waals surface area contributed by atoms with E-state index in [9.17, 15) is 4.39 Å². The van der Waals surface area contributed by atoms with Crippen molar-refractivity contribution in [3.63, 3.8) is 0 Å². The van der Waals surface area contributed by atoms with E-state index in [-0.39, 0.29) is 11.9 Å². The van der Waals surface area contributed by atoms with E-state index in [2.05, 4.69) is 21.4 Å². The Labute approximate surface area is 113 Å². The molecule has 5 heteroatoms. The van der Waals surface area contributed by atoms with Gasteiger partial charge in [-0.2, -0.15) is 0 Å². The Morgan fingerprint density at radius 1 is 1.39 bits per heavy atom. The monoisotopic (exact) mass is 312 g/mol. The van der Waals surface area contributed by atoms with Crippen LogP contribution in [-0.2, 0) is 6.42 Å². The molecule has 2 aromatic rings. The molecule has 18 heavy (non-hydrogen) atoms. The van der Waals surface area contributed by atoms with Crippen molar-refractivity contribution >= 4 is 15.9 Å². The lowest BCUT2D eigenvalue weighted by molar-refractivity contribution is 0.403. The molecule has 1 unspecified atom stereocenters. The summed E-state index contributed by atoms with van der Waals surface area (Å²) < 4.78 is 19.1. The smallest absolute Gasteiger partial charge is 0.137 e. The number of rotatable bonds is 4. The number of hydrazine groups is 1. The molecule has 0 aliphatic carbocycles. The topological polar surface area (TPSA) is 51.2 Å². The summed E-state index contributed by atoms with van der Waals surface area (Å²) in [6.45, 7) is 1.88. The Hall–Kier alpha value is -1.17. The molecule has 2 rings (SSSR count). The van der Waals surface area contributed by atoms with Gasteiger partial charge in [0.05, 0.1) is 10.5 Å². The first-order valence-corrected chi connectivity index (χ1v) is 6.36. The third kappa shape index (κ3) is 2.98. The second-order valence-electron chi connectivity index (χ2n) is 4.12. The van der Waals surface area contributed by atoms with Crippen molar-refractivity contribution in [1.82, 2.24) is 5.43 Å². The molecule has 1 aromatic carbocycles. The third-order valence-electron chi connectivity index (χ3n) is 2.73. The summed E-state index contributed by atoms with van der Waals surface area (Å²) >= 11 is 3.17. The predicted octanol–water partition coefficient (Wildman–Crippen LogP) is 3.24. The molecule has 0 amide bonds. The van der Waals surface area contributed by atoms with Crippen LogP contribution in [0.3, 0.4) is 0 Å². The summed E-state index contributed by atoms with van der Waals surface area (Å²) in [5.74, 6) is 6.87. The highest BCUT2D eigenvalue weighted by Crippen LogP contribution is 2.23. The minimum absolute atomic E-state index is 0.129. The molecular weight excluding hydrogens is 299 g/mol. The van der Waals surface area contributed by atoms with Crippen molar-refractivity contribution in [2.75, 3.05) is 0 Å². The Morgan fingerprint density at radius 3 is 2.72 bits per heavy atom. The molecule has 1 atom stereocenters. The molecule has 0 saturated carbocycles. The van der Waals surface area contributed by atoms with Crippen molar-refractivity contribution in [1.29, 1.82) is 0 Å². The third-order valence-corrected chi connectivity index (χ3v) is 3.34. The second kappa shape index (κ2) is 5.65. The number of furan rings is 1. The van der Waals surface area contributed by atoms with E-state index in [1.54, 1.807) is 12.1 Å². The fourth-order valence-corrected chi connectivity index (χ4v) is 2.21. The van der Waals surface area contributed by atoms with Gasteiger partial charge in [-0.15, -0.1) is 0 Å². The van der Waals surface area contributed by atoms with E-state index in [1.165, 1.54) is 6.07 Å². The van der Waals surface area contributed by atoms with Crippen LogP contribution in [0.4, 0.5) is 4.39 Å². The Kier molecular flexibility index (Phi) is 4.16. The first kappa shape index (κ1) is 13.3. The first-order valence-electron chi connectivity index (χ1n) is 5.56. The maximum Gasteiger partial charge on any atom is 0.137 e. The zero-order chi connectivity index (χ0) is 13.1. The molecule has 1 aromatic heterocycles. The summed E-state index contributed by atoms with van der Waals surface area (Å²) in [7, 11) is 0. The largest absolute Gasteiger partial charge is 0.465 e. The van der Waals surface area contributed by atoms with Gasteiger partial charge < -0.3 is 4.42 Å². The van der Waals surface area contributed by atoms with E-state index < -0.39 is 0 Å². The lowest BCUT2D eigenvalue weighted by Crippen LogP contribution is -2.29. The minimum Gasteiger partial charge on any atom is -0.465 e. The highest BCUT2D eigenvalue weighted by Gasteiger charge is 2.14. The van der Waals surface area contributed by atoms with Crippen LogP contribution in [0.5, 0.6) is 0 Å². The number of nitrogens with two attached hydrogens (primary N) is 1. The number of benzene rings is 1. The predicted molar refractivity (Wildman–Crippen MR) is 71.3 cm³/mol. The SMILES string of the molecule is Cc1ccc(C(Cc2ccc(F)c(Br)c2)NN)o1. The van der Waals surface area contributed by atoms with E-state index >= 15 is 0 Å². The van der Waals surface area contributed by atoms with Crippen LogP contribution in [-0.4, -0.2) is 0 Å². The van der Waals surface area contributed by atoms with E-state index in [0.29, 0.717) is 10.9 Å². The van der Waals surface area contributed by atoms with Gasteiger partial charge in [-0.3, -0.25) is 5.84 Å². The lowest BCUT2D eigenvalue weighted by Gasteiger charge is -2.13. The maximum absolute atomic E-state index is 13.1. The van der Waals surface area contributed by atoms with Crippen molar-refractivity contribution in [3.05, 3.63) is 57.7 Å². The molecule has 1 heterocycles. The van der Waals surface area contributed by atoms with Gasteiger partial charge >= 0.3 is 0 Å². The molecule has 0 bridgehead atoms. The maximum atomic E-state index is 13.1. The molecule has 96 valence electrons. The van der Waals surface area contributed by atoms with Crippen molar-refractivity contribution in [2.24, 2.45) is 5.84 Å². The quantitative estimate of drug-likeness (QED) is 0.673. The number of nitrogens with one attached hydrogen (secondary N) is 1. The standard InChI is InChI=1S/C13H14BrFN2O/c1-8-2-5-13(18-8)12(17-16)7-9-3-4-11(15)10(14)6-9/h2-6,12,17H,7,16H2,1H3. The number of hydrogen-bond donors (Lipinski definition) is 2. The lowest BCUT2D eigenvalue weighted by atomic mass is 10.0. The molecule has 3 N–H and O–H groups in total. The fraction of sp³-hybridized carbons (Fsp3) is 0.231. The highest BCUT2D eigenvalue weighted by atomic mass is 79.9. The van der Waals surface area contributed by atoms with Gasteiger partial charge in [-0.25, -0.2) is 9.82 Å². The Morgan fingerprint density at radius 2 is 2.17 bits per heavy atom. The summed E-state index contributed by atoms with van der Waals surface area (Å²) in [5.41, 5.74) is 3.68. The molecule has 0 aliphatic rings. The number of halogens is 2. The normalized spacial score (nSPS) is 12.7. The summed E-state index contributed by atoms with van der Waals surface area (Å²) in [6.07, 6.45) is 0.627. The fourth-order valence-electron chi connectivity index (χ4n) is 1.78. The van der Waals surface area contributed by atoms with Crippen LogP contribution >= 0.6 is 15.9 Å². The van der Waals surface area contributed by atoms with Crippen molar-refractivity contribution in [3.8, 4) is 0 Å². The van der Waals surface area contributed by atoms with Crippen LogP contribution in [0.15, 0.2) is 39.2 Å². The van der Waals surface area contributed by atoms with E-state index in [4.69, 9.17) is 10.3 Å². The van der Waals surface area contributed by atoms with Crippen molar-refractivity contribution in [2.45, 2.75) is 19.4 Å². The summed E-state index contributed by atoms with van der Waals surface area (Å²) in [6, 6.07) is 8.56. The second-order valence-corrected chi connectivity index (χ2v) is 4.97. The van der Waals surface area contributed by atoms with Crippen molar-refractivity contribution < 1.29 is 8.81 Å². The molecule has 0 fully saturated rings. The van der Waals surface area contributed by atoms with E-state index in [0.717, 1.165) is 17.1 Å². The molecule has 0 aliphatic heterocycles. The molecule has 0 saturated heterocycles. The zero-order valence-corrected chi connectivity index (χ0v) is 11.5. The number of aryl methyl sites for hydroxylation is 1. The van der Waals surface area contributed by atoms with Gasteiger partial charge in [0.15, 0.2) is 0 Å². The Bertz CT molecular complexity index is 542. The minimum atomic E-state index is -0.273. The van der Waals surface area contributed by atoms with Gasteiger partial charge in [0.2, 0.25) is 0 Å². The molecule has 0 spiro atoms. The molecule has 3 nitrogen and oxygen atoms in total. The zero-order valence-electron chi connectivity index (χ0n) is 9.91. The van der Waals surface area contributed by atoms with Crippen LogP contribution < -0.4 is 11.3 Å². The summed E-state index contributed by atoms with van der Waals surface area (Å²) in [4.78, 5) is 0. The van der Waals surface area contributed by atoms with Gasteiger partial charge in [-0.1, -0.05) is 6.07 Å². The highest BCUT2D eigenvalue weighted by molar-refractivity contribution is 9.10. The Balaban J connectivity index is 2.17. The summed E-state index contributed by atoms with van der Waals surface area (Å²) in [5, 5.41) is 0. The average molecular weight is 313 g/mol.